The molecule has 4 heteroatoms. The topological polar surface area (TPSA) is 29.9 Å². The van der Waals surface area contributed by atoms with Crippen LogP contribution in [0.3, 0.4) is 0 Å². The molecule has 0 aromatic carbocycles. The summed E-state index contributed by atoms with van der Waals surface area (Å²) in [6.45, 7) is 6.51. The average Bonchev–Trinajstić information content (AvgIpc) is 2.47. The smallest absolute Gasteiger partial charge is 0.0942 e. The van der Waals surface area contributed by atoms with Crippen LogP contribution in [0.15, 0.2) is 11.1 Å². The van der Waals surface area contributed by atoms with Gasteiger partial charge >= 0.3 is 0 Å². The number of thioether (sulfide) groups is 1. The lowest BCUT2D eigenvalue weighted by Gasteiger charge is -2.21. The molecule has 86 valence electrons. The van der Waals surface area contributed by atoms with Gasteiger partial charge < -0.3 is 5.32 Å². The Balaban J connectivity index is 2.64. The summed E-state index contributed by atoms with van der Waals surface area (Å²) in [5, 5.41) is 9.51. The Bertz CT molecular complexity index is 305. The normalized spacial score (nSPS) is 15.3. The number of rotatable bonds is 5. The summed E-state index contributed by atoms with van der Waals surface area (Å²) < 4.78 is 1.96. The van der Waals surface area contributed by atoms with Crippen molar-refractivity contribution in [2.75, 3.05) is 7.05 Å². The highest BCUT2D eigenvalue weighted by Crippen LogP contribution is 2.26. The van der Waals surface area contributed by atoms with E-state index in [0.29, 0.717) is 11.3 Å². The number of aromatic nitrogens is 2. The summed E-state index contributed by atoms with van der Waals surface area (Å²) in [5.41, 5.74) is 1.09. The van der Waals surface area contributed by atoms with Crippen LogP contribution in [0.5, 0.6) is 0 Å². The molecule has 0 saturated heterocycles. The summed E-state index contributed by atoms with van der Waals surface area (Å²) in [6.07, 6.45) is 1.15. The van der Waals surface area contributed by atoms with Gasteiger partial charge in [0.15, 0.2) is 0 Å². The van der Waals surface area contributed by atoms with Crippen LogP contribution in [0, 0.1) is 6.92 Å². The van der Waals surface area contributed by atoms with E-state index in [0.717, 1.165) is 12.1 Å². The van der Waals surface area contributed by atoms with Gasteiger partial charge in [-0.3, -0.25) is 4.68 Å². The Morgan fingerprint density at radius 1 is 1.60 bits per heavy atom. The standard InChI is InChI=1S/C11H21N3S/c1-6-10(12-4)9(3)15-11-7-8(2)13-14(11)5/h7,9-10,12H,6H2,1-5H3. The highest BCUT2D eigenvalue weighted by molar-refractivity contribution is 7.99. The van der Waals surface area contributed by atoms with Crippen LogP contribution in [0.25, 0.3) is 0 Å². The van der Waals surface area contributed by atoms with E-state index in [1.165, 1.54) is 5.03 Å². The zero-order valence-corrected chi connectivity index (χ0v) is 11.1. The third kappa shape index (κ3) is 3.24. The molecule has 2 unspecified atom stereocenters. The second-order valence-corrected chi connectivity index (χ2v) is 5.27. The van der Waals surface area contributed by atoms with Crippen LogP contribution in [0.4, 0.5) is 0 Å². The Morgan fingerprint density at radius 3 is 2.67 bits per heavy atom. The first kappa shape index (κ1) is 12.6. The number of hydrogen-bond donors (Lipinski definition) is 1. The highest BCUT2D eigenvalue weighted by atomic mass is 32.2. The maximum absolute atomic E-state index is 4.35. The lowest BCUT2D eigenvalue weighted by atomic mass is 10.2. The van der Waals surface area contributed by atoms with Gasteiger partial charge in [-0.1, -0.05) is 13.8 Å². The van der Waals surface area contributed by atoms with Gasteiger partial charge in [0.2, 0.25) is 0 Å². The Kier molecular flexibility index (Phi) is 4.67. The third-order valence-corrected chi connectivity index (χ3v) is 3.97. The monoisotopic (exact) mass is 227 g/mol. The predicted molar refractivity (Wildman–Crippen MR) is 66.4 cm³/mol. The van der Waals surface area contributed by atoms with Crippen molar-refractivity contribution in [2.24, 2.45) is 7.05 Å². The SMILES string of the molecule is CCC(NC)C(C)Sc1cc(C)nn1C. The predicted octanol–water partition coefficient (Wildman–Crippen LogP) is 2.21. The van der Waals surface area contributed by atoms with E-state index in [1.807, 2.05) is 37.5 Å². The minimum Gasteiger partial charge on any atom is -0.316 e. The van der Waals surface area contributed by atoms with Gasteiger partial charge in [0.05, 0.1) is 10.7 Å². The van der Waals surface area contributed by atoms with Crippen LogP contribution in [0.2, 0.25) is 0 Å². The highest BCUT2D eigenvalue weighted by Gasteiger charge is 2.16. The lowest BCUT2D eigenvalue weighted by Crippen LogP contribution is -2.33. The van der Waals surface area contributed by atoms with Crippen LogP contribution in [0.1, 0.15) is 26.0 Å². The van der Waals surface area contributed by atoms with E-state index in [4.69, 9.17) is 0 Å². The van der Waals surface area contributed by atoms with Crippen molar-refractivity contribution in [2.45, 2.75) is 43.5 Å². The molecule has 0 aliphatic carbocycles. The van der Waals surface area contributed by atoms with Crippen LogP contribution >= 0.6 is 11.8 Å². The van der Waals surface area contributed by atoms with E-state index in [2.05, 4.69) is 30.3 Å². The molecule has 1 rings (SSSR count). The summed E-state index contributed by atoms with van der Waals surface area (Å²) in [7, 11) is 4.03. The second-order valence-electron chi connectivity index (χ2n) is 3.87. The Labute approximate surface area is 96.6 Å². The number of nitrogens with zero attached hydrogens (tertiary/aromatic N) is 2. The van der Waals surface area contributed by atoms with E-state index in [9.17, 15) is 0 Å². The molecule has 0 amide bonds. The van der Waals surface area contributed by atoms with E-state index < -0.39 is 0 Å². The number of hydrogen-bond acceptors (Lipinski definition) is 3. The van der Waals surface area contributed by atoms with Crippen molar-refractivity contribution < 1.29 is 0 Å². The van der Waals surface area contributed by atoms with Crippen molar-refractivity contribution in [3.05, 3.63) is 11.8 Å². The van der Waals surface area contributed by atoms with E-state index in [1.54, 1.807) is 0 Å². The molecule has 0 fully saturated rings. The van der Waals surface area contributed by atoms with E-state index >= 15 is 0 Å². The zero-order valence-electron chi connectivity index (χ0n) is 10.2. The maximum Gasteiger partial charge on any atom is 0.0942 e. The van der Waals surface area contributed by atoms with Gasteiger partial charge in [0.1, 0.15) is 0 Å². The average molecular weight is 227 g/mol. The van der Waals surface area contributed by atoms with Crippen molar-refractivity contribution in [1.82, 2.24) is 15.1 Å². The molecule has 0 aliphatic rings. The summed E-state index contributed by atoms with van der Waals surface area (Å²) in [4.78, 5) is 0. The van der Waals surface area contributed by atoms with Crippen molar-refractivity contribution in [3.63, 3.8) is 0 Å². The zero-order chi connectivity index (χ0) is 11.4. The first-order valence-corrected chi connectivity index (χ1v) is 6.31. The van der Waals surface area contributed by atoms with Crippen molar-refractivity contribution in [1.29, 1.82) is 0 Å². The fraction of sp³-hybridized carbons (Fsp3) is 0.727. The van der Waals surface area contributed by atoms with Gasteiger partial charge in [0, 0.05) is 18.3 Å². The quantitative estimate of drug-likeness (QED) is 0.782. The molecule has 0 spiro atoms. The molecule has 1 N–H and O–H groups in total. The van der Waals surface area contributed by atoms with Gasteiger partial charge in [-0.05, 0) is 26.5 Å². The summed E-state index contributed by atoms with van der Waals surface area (Å²) >= 11 is 1.89. The molecule has 1 aromatic heterocycles. The summed E-state index contributed by atoms with van der Waals surface area (Å²) in [5.74, 6) is 0. The van der Waals surface area contributed by atoms with Crippen LogP contribution < -0.4 is 5.32 Å². The minimum absolute atomic E-state index is 0.560. The molecular formula is C11H21N3S. The molecule has 0 radical (unpaired) electrons. The second kappa shape index (κ2) is 5.56. The molecule has 0 bridgehead atoms. The Hall–Kier alpha value is -0.480. The number of nitrogens with one attached hydrogen (secondary N) is 1. The molecule has 1 heterocycles. The fourth-order valence-corrected chi connectivity index (χ4v) is 3.05. The van der Waals surface area contributed by atoms with E-state index in [-0.39, 0.29) is 0 Å². The molecule has 1 aromatic rings. The van der Waals surface area contributed by atoms with Gasteiger partial charge in [0.25, 0.3) is 0 Å². The number of aryl methyl sites for hydroxylation is 2. The van der Waals surface area contributed by atoms with Crippen molar-refractivity contribution >= 4 is 11.8 Å². The molecule has 0 saturated carbocycles. The van der Waals surface area contributed by atoms with Crippen LogP contribution in [-0.4, -0.2) is 28.1 Å². The minimum atomic E-state index is 0.560. The molecule has 3 nitrogen and oxygen atoms in total. The maximum atomic E-state index is 4.35. The van der Waals surface area contributed by atoms with Gasteiger partial charge in [-0.2, -0.15) is 5.10 Å². The first-order chi connectivity index (χ1) is 7.08. The molecular weight excluding hydrogens is 206 g/mol. The molecule has 0 aliphatic heterocycles. The van der Waals surface area contributed by atoms with Crippen molar-refractivity contribution in [3.8, 4) is 0 Å². The summed E-state index contributed by atoms with van der Waals surface area (Å²) in [6, 6.07) is 2.70. The lowest BCUT2D eigenvalue weighted by molar-refractivity contribution is 0.540. The third-order valence-electron chi connectivity index (χ3n) is 2.64. The molecule has 2 atom stereocenters. The van der Waals surface area contributed by atoms with Crippen LogP contribution in [-0.2, 0) is 7.05 Å². The molecule has 15 heavy (non-hydrogen) atoms. The Morgan fingerprint density at radius 2 is 2.27 bits per heavy atom. The van der Waals surface area contributed by atoms with Gasteiger partial charge in [-0.25, -0.2) is 0 Å². The largest absolute Gasteiger partial charge is 0.316 e. The van der Waals surface area contributed by atoms with Gasteiger partial charge in [-0.15, -0.1) is 11.8 Å². The first-order valence-electron chi connectivity index (χ1n) is 5.43. The fourth-order valence-electron chi connectivity index (χ4n) is 1.74.